The summed E-state index contributed by atoms with van der Waals surface area (Å²) in [7, 11) is -4.34. The molecular formula is C18H14ClF3O3S. The summed E-state index contributed by atoms with van der Waals surface area (Å²) in [6, 6.07) is 6.44. The first kappa shape index (κ1) is 18.9. The van der Waals surface area contributed by atoms with Crippen molar-refractivity contribution in [3.63, 3.8) is 0 Å². The van der Waals surface area contributed by atoms with Crippen LogP contribution in [0.3, 0.4) is 0 Å². The maximum absolute atomic E-state index is 14.5. The van der Waals surface area contributed by atoms with Crippen LogP contribution in [0.4, 0.5) is 13.2 Å². The quantitative estimate of drug-likeness (QED) is 0.707. The van der Waals surface area contributed by atoms with Gasteiger partial charge >= 0.3 is 0 Å². The van der Waals surface area contributed by atoms with E-state index in [1.165, 1.54) is 24.3 Å². The molecule has 2 aromatic rings. The molecule has 138 valence electrons. The SMILES string of the molecule is O=C1CCC(c2c(F)ccc(F)c2F)(S(=O)(=O)c2ccc(Cl)cc2)CC1. The molecule has 0 atom stereocenters. The van der Waals surface area contributed by atoms with Gasteiger partial charge in [0.2, 0.25) is 0 Å². The zero-order chi connectivity index (χ0) is 19.1. The number of ketones is 1. The van der Waals surface area contributed by atoms with E-state index in [-0.39, 0.29) is 36.4 Å². The molecule has 0 spiro atoms. The van der Waals surface area contributed by atoms with Gasteiger partial charge in [-0.15, -0.1) is 0 Å². The Balaban J connectivity index is 2.29. The van der Waals surface area contributed by atoms with Crippen LogP contribution in [0.15, 0.2) is 41.3 Å². The average Bonchev–Trinajstić information content (AvgIpc) is 2.60. The van der Waals surface area contributed by atoms with E-state index in [2.05, 4.69) is 0 Å². The van der Waals surface area contributed by atoms with E-state index < -0.39 is 37.6 Å². The molecule has 0 aliphatic heterocycles. The second-order valence-corrected chi connectivity index (χ2v) is 8.90. The first-order valence-electron chi connectivity index (χ1n) is 7.85. The van der Waals surface area contributed by atoms with Crippen molar-refractivity contribution >= 4 is 27.2 Å². The van der Waals surface area contributed by atoms with Crippen molar-refractivity contribution < 1.29 is 26.4 Å². The second kappa shape index (κ2) is 6.70. The molecule has 0 unspecified atom stereocenters. The number of halogens is 4. The molecule has 0 heterocycles. The Morgan fingerprint density at radius 2 is 1.42 bits per heavy atom. The standard InChI is InChI=1S/C18H14ClF3O3S/c19-11-1-3-13(4-2-11)26(24,25)18(9-7-12(23)8-10-18)16-14(20)5-6-15(21)17(16)22/h1-6H,7-10H2. The average molecular weight is 403 g/mol. The van der Waals surface area contributed by atoms with Crippen molar-refractivity contribution in [3.8, 4) is 0 Å². The fourth-order valence-electron chi connectivity index (χ4n) is 3.37. The number of rotatable bonds is 3. The van der Waals surface area contributed by atoms with E-state index in [9.17, 15) is 26.4 Å². The van der Waals surface area contributed by atoms with Crippen molar-refractivity contribution in [2.24, 2.45) is 0 Å². The predicted octanol–water partition coefficient (Wildman–Crippen LogP) is 4.57. The lowest BCUT2D eigenvalue weighted by molar-refractivity contribution is -0.120. The summed E-state index contributed by atoms with van der Waals surface area (Å²) in [5.74, 6) is -4.25. The summed E-state index contributed by atoms with van der Waals surface area (Å²) in [5, 5.41) is 0.292. The molecule has 3 rings (SSSR count). The highest BCUT2D eigenvalue weighted by molar-refractivity contribution is 7.92. The van der Waals surface area contributed by atoms with Gasteiger partial charge in [-0.3, -0.25) is 4.79 Å². The van der Waals surface area contributed by atoms with Gasteiger partial charge in [0.1, 0.15) is 16.3 Å². The first-order valence-corrected chi connectivity index (χ1v) is 9.71. The minimum Gasteiger partial charge on any atom is -0.300 e. The molecule has 26 heavy (non-hydrogen) atoms. The summed E-state index contributed by atoms with van der Waals surface area (Å²) < 4.78 is 67.4. The van der Waals surface area contributed by atoms with E-state index in [1.54, 1.807) is 0 Å². The summed E-state index contributed by atoms with van der Waals surface area (Å²) >= 11 is 5.78. The lowest BCUT2D eigenvalue weighted by Gasteiger charge is -2.37. The van der Waals surface area contributed by atoms with Gasteiger partial charge in [-0.1, -0.05) is 11.6 Å². The fourth-order valence-corrected chi connectivity index (χ4v) is 5.64. The van der Waals surface area contributed by atoms with Gasteiger partial charge in [0.05, 0.1) is 4.90 Å². The third kappa shape index (κ3) is 2.93. The predicted molar refractivity (Wildman–Crippen MR) is 90.1 cm³/mol. The molecule has 2 aromatic carbocycles. The highest BCUT2D eigenvalue weighted by atomic mass is 35.5. The zero-order valence-electron chi connectivity index (χ0n) is 13.4. The van der Waals surface area contributed by atoms with E-state index in [4.69, 9.17) is 11.6 Å². The largest absolute Gasteiger partial charge is 0.300 e. The Kier molecular flexibility index (Phi) is 4.88. The summed E-state index contributed by atoms with van der Waals surface area (Å²) in [6.07, 6.45) is -0.980. The fraction of sp³-hybridized carbons (Fsp3) is 0.278. The number of carbonyl (C=O) groups excluding carboxylic acids is 1. The van der Waals surface area contributed by atoms with Gasteiger partial charge in [-0.05, 0) is 49.2 Å². The van der Waals surface area contributed by atoms with Crippen LogP contribution in [0.5, 0.6) is 0 Å². The van der Waals surface area contributed by atoms with Gasteiger partial charge in [0.25, 0.3) is 0 Å². The topological polar surface area (TPSA) is 51.2 Å². The van der Waals surface area contributed by atoms with Crippen LogP contribution in [0.1, 0.15) is 31.2 Å². The van der Waals surface area contributed by atoms with Crippen LogP contribution in [0, 0.1) is 17.5 Å². The maximum Gasteiger partial charge on any atom is 0.188 e. The molecule has 1 saturated carbocycles. The monoisotopic (exact) mass is 402 g/mol. The van der Waals surface area contributed by atoms with Gasteiger partial charge in [0.15, 0.2) is 21.5 Å². The minimum absolute atomic E-state index is 0.164. The molecule has 0 aromatic heterocycles. The molecule has 1 fully saturated rings. The smallest absolute Gasteiger partial charge is 0.188 e. The zero-order valence-corrected chi connectivity index (χ0v) is 15.0. The number of hydrogen-bond acceptors (Lipinski definition) is 3. The minimum atomic E-state index is -4.34. The van der Waals surface area contributed by atoms with Crippen molar-refractivity contribution in [2.45, 2.75) is 35.3 Å². The van der Waals surface area contributed by atoms with Gasteiger partial charge in [-0.2, -0.15) is 0 Å². The van der Waals surface area contributed by atoms with Crippen LogP contribution in [0.25, 0.3) is 0 Å². The van der Waals surface area contributed by atoms with Crippen molar-refractivity contribution in [1.82, 2.24) is 0 Å². The Morgan fingerprint density at radius 1 is 0.885 bits per heavy atom. The van der Waals surface area contributed by atoms with Gasteiger partial charge in [-0.25, -0.2) is 21.6 Å². The van der Waals surface area contributed by atoms with Crippen LogP contribution in [-0.4, -0.2) is 14.2 Å². The van der Waals surface area contributed by atoms with Crippen LogP contribution in [-0.2, 0) is 19.4 Å². The van der Waals surface area contributed by atoms with Crippen molar-refractivity contribution in [2.75, 3.05) is 0 Å². The highest BCUT2D eigenvalue weighted by Crippen LogP contribution is 2.48. The lowest BCUT2D eigenvalue weighted by Crippen LogP contribution is -2.41. The summed E-state index contributed by atoms with van der Waals surface area (Å²) in [5.41, 5.74) is -0.847. The lowest BCUT2D eigenvalue weighted by atomic mass is 9.82. The number of hydrogen-bond donors (Lipinski definition) is 0. The van der Waals surface area contributed by atoms with Crippen LogP contribution < -0.4 is 0 Å². The Labute approximate surface area is 153 Å². The molecule has 1 aliphatic carbocycles. The Hall–Kier alpha value is -1.86. The second-order valence-electron chi connectivity index (χ2n) is 6.21. The van der Waals surface area contributed by atoms with Crippen molar-refractivity contribution in [1.29, 1.82) is 0 Å². The Bertz CT molecular complexity index is 962. The molecule has 0 N–H and O–H groups in total. The van der Waals surface area contributed by atoms with Gasteiger partial charge < -0.3 is 0 Å². The molecule has 0 bridgehead atoms. The number of carbonyl (C=O) groups is 1. The summed E-state index contributed by atoms with van der Waals surface area (Å²) in [6.45, 7) is 0. The highest BCUT2D eigenvalue weighted by Gasteiger charge is 2.51. The molecule has 0 amide bonds. The number of sulfone groups is 1. The number of Topliss-reactive ketones (excluding diaryl/α,β-unsaturated/α-hetero) is 1. The molecule has 0 radical (unpaired) electrons. The first-order chi connectivity index (χ1) is 12.2. The van der Waals surface area contributed by atoms with E-state index in [0.29, 0.717) is 17.2 Å². The third-order valence-corrected chi connectivity index (χ3v) is 7.54. The Morgan fingerprint density at radius 3 is 2.00 bits per heavy atom. The van der Waals surface area contributed by atoms with Crippen LogP contribution in [0.2, 0.25) is 5.02 Å². The van der Waals surface area contributed by atoms with Gasteiger partial charge in [0, 0.05) is 23.4 Å². The maximum atomic E-state index is 14.5. The molecule has 3 nitrogen and oxygen atoms in total. The van der Waals surface area contributed by atoms with E-state index in [0.717, 1.165) is 0 Å². The molecule has 0 saturated heterocycles. The normalized spacial score (nSPS) is 17.3. The van der Waals surface area contributed by atoms with E-state index >= 15 is 0 Å². The molecule has 1 aliphatic rings. The van der Waals surface area contributed by atoms with Crippen molar-refractivity contribution in [3.05, 3.63) is 64.4 Å². The van der Waals surface area contributed by atoms with Crippen LogP contribution >= 0.6 is 11.6 Å². The van der Waals surface area contributed by atoms with E-state index in [1.807, 2.05) is 0 Å². The third-order valence-electron chi connectivity index (χ3n) is 4.75. The summed E-state index contributed by atoms with van der Waals surface area (Å²) in [4.78, 5) is 11.5. The molecular weight excluding hydrogens is 389 g/mol. The molecule has 8 heteroatoms. The number of benzene rings is 2.